The molecule has 1 aliphatic heterocycles. The van der Waals surface area contributed by atoms with Crippen LogP contribution in [-0.4, -0.2) is 30.1 Å². The van der Waals surface area contributed by atoms with E-state index in [9.17, 15) is 0 Å². The highest BCUT2D eigenvalue weighted by atomic mass is 79.9. The molecule has 2 unspecified atom stereocenters. The van der Waals surface area contributed by atoms with Crippen molar-refractivity contribution in [3.05, 3.63) is 20.8 Å². The van der Waals surface area contributed by atoms with E-state index in [0.717, 1.165) is 19.0 Å². The van der Waals surface area contributed by atoms with Gasteiger partial charge in [-0.15, -0.1) is 11.3 Å². The molecule has 1 aromatic heterocycles. The quantitative estimate of drug-likeness (QED) is 0.884. The number of nitrogens with zero attached hydrogens (tertiary/aromatic N) is 1. The van der Waals surface area contributed by atoms with Gasteiger partial charge in [0.15, 0.2) is 0 Å². The van der Waals surface area contributed by atoms with Crippen molar-refractivity contribution in [1.29, 1.82) is 0 Å². The molecule has 1 N–H and O–H groups in total. The van der Waals surface area contributed by atoms with E-state index >= 15 is 0 Å². The van der Waals surface area contributed by atoms with Crippen LogP contribution in [0.3, 0.4) is 0 Å². The van der Waals surface area contributed by atoms with Crippen molar-refractivity contribution in [2.75, 3.05) is 13.1 Å². The highest BCUT2D eigenvalue weighted by Crippen LogP contribution is 2.25. The summed E-state index contributed by atoms with van der Waals surface area (Å²) >= 11 is 5.42. The van der Waals surface area contributed by atoms with Crippen molar-refractivity contribution in [1.82, 2.24) is 10.2 Å². The van der Waals surface area contributed by atoms with Crippen molar-refractivity contribution >= 4 is 27.3 Å². The van der Waals surface area contributed by atoms with Crippen LogP contribution in [0.1, 0.15) is 38.5 Å². The Morgan fingerprint density at radius 1 is 1.47 bits per heavy atom. The van der Waals surface area contributed by atoms with E-state index < -0.39 is 0 Å². The van der Waals surface area contributed by atoms with Crippen LogP contribution in [0.2, 0.25) is 0 Å². The third kappa shape index (κ3) is 4.85. The normalized spacial score (nSPS) is 25.7. The van der Waals surface area contributed by atoms with Gasteiger partial charge in [-0.3, -0.25) is 4.90 Å². The second kappa shape index (κ2) is 7.21. The molecule has 108 valence electrons. The zero-order valence-corrected chi connectivity index (χ0v) is 14.6. The van der Waals surface area contributed by atoms with Gasteiger partial charge in [0.25, 0.3) is 0 Å². The summed E-state index contributed by atoms with van der Waals surface area (Å²) in [6, 6.07) is 5.72. The van der Waals surface area contributed by atoms with E-state index in [2.05, 4.69) is 59.1 Å². The number of hydrogen-bond donors (Lipinski definition) is 1. The first-order chi connectivity index (χ1) is 9.04. The molecule has 2 heterocycles. The van der Waals surface area contributed by atoms with Crippen LogP contribution in [0.4, 0.5) is 0 Å². The van der Waals surface area contributed by atoms with Gasteiger partial charge in [-0.05, 0) is 60.3 Å². The number of halogens is 1. The maximum Gasteiger partial charge on any atom is 0.0701 e. The molecule has 2 nitrogen and oxygen atoms in total. The Balaban J connectivity index is 1.98. The summed E-state index contributed by atoms with van der Waals surface area (Å²) in [5.74, 6) is 0.767. The summed E-state index contributed by atoms with van der Waals surface area (Å²) in [6.07, 6.45) is 2.53. The van der Waals surface area contributed by atoms with Gasteiger partial charge in [0, 0.05) is 30.1 Å². The van der Waals surface area contributed by atoms with E-state index in [1.165, 1.54) is 28.0 Å². The van der Waals surface area contributed by atoms with Crippen LogP contribution in [0, 0.1) is 5.92 Å². The smallest absolute Gasteiger partial charge is 0.0701 e. The van der Waals surface area contributed by atoms with Crippen LogP contribution in [0.5, 0.6) is 0 Å². The lowest BCUT2D eigenvalue weighted by molar-refractivity contribution is 0.191. The van der Waals surface area contributed by atoms with E-state index in [4.69, 9.17) is 0 Å². The molecule has 0 aromatic carbocycles. The molecule has 1 aromatic rings. The molecule has 4 heteroatoms. The lowest BCUT2D eigenvalue weighted by Gasteiger charge is -2.29. The minimum Gasteiger partial charge on any atom is -0.313 e. The van der Waals surface area contributed by atoms with Crippen LogP contribution < -0.4 is 5.32 Å². The molecule has 1 aliphatic rings. The first-order valence-electron chi connectivity index (χ1n) is 7.26. The van der Waals surface area contributed by atoms with Crippen LogP contribution in [0.15, 0.2) is 15.9 Å². The Labute approximate surface area is 129 Å². The molecule has 0 aliphatic carbocycles. The van der Waals surface area contributed by atoms with E-state index in [-0.39, 0.29) is 0 Å². The first-order valence-corrected chi connectivity index (χ1v) is 8.87. The highest BCUT2D eigenvalue weighted by Gasteiger charge is 2.23. The maximum absolute atomic E-state index is 3.72. The first kappa shape index (κ1) is 15.5. The summed E-state index contributed by atoms with van der Waals surface area (Å²) in [5, 5.41) is 3.72. The predicted octanol–water partition coefficient (Wildman–Crippen LogP) is 4.11. The number of thiophene rings is 1. The van der Waals surface area contributed by atoms with Gasteiger partial charge in [0.05, 0.1) is 3.79 Å². The largest absolute Gasteiger partial charge is 0.313 e. The average molecular weight is 345 g/mol. The SMILES string of the molecule is CC(C)CC1CN(Cc2ccc(Br)s2)C(C)CCN1. The molecular weight excluding hydrogens is 320 g/mol. The van der Waals surface area contributed by atoms with Gasteiger partial charge in [-0.2, -0.15) is 0 Å². The van der Waals surface area contributed by atoms with Crippen molar-refractivity contribution in [3.63, 3.8) is 0 Å². The van der Waals surface area contributed by atoms with Crippen molar-refractivity contribution in [2.45, 2.75) is 52.2 Å². The summed E-state index contributed by atoms with van der Waals surface area (Å²) in [4.78, 5) is 4.11. The molecule has 1 fully saturated rings. The van der Waals surface area contributed by atoms with Crippen LogP contribution in [-0.2, 0) is 6.54 Å². The fraction of sp³-hybridized carbons (Fsp3) is 0.733. The Hall–Kier alpha value is 0.1000. The van der Waals surface area contributed by atoms with E-state index in [1.54, 1.807) is 0 Å². The van der Waals surface area contributed by atoms with Crippen LogP contribution in [0.25, 0.3) is 0 Å². The summed E-state index contributed by atoms with van der Waals surface area (Å²) in [6.45, 7) is 10.4. The lowest BCUT2D eigenvalue weighted by Crippen LogP contribution is -2.40. The van der Waals surface area contributed by atoms with Gasteiger partial charge in [0.2, 0.25) is 0 Å². The monoisotopic (exact) mass is 344 g/mol. The molecule has 2 atom stereocenters. The predicted molar refractivity (Wildman–Crippen MR) is 87.8 cm³/mol. The Kier molecular flexibility index (Phi) is 5.87. The number of nitrogens with one attached hydrogen (secondary N) is 1. The Morgan fingerprint density at radius 3 is 2.89 bits per heavy atom. The Bertz CT molecular complexity index is 391. The van der Waals surface area contributed by atoms with Gasteiger partial charge in [0.1, 0.15) is 0 Å². The van der Waals surface area contributed by atoms with Gasteiger partial charge in [-0.25, -0.2) is 0 Å². The standard InChI is InChI=1S/C15H25BrN2S/c1-11(2)8-13-9-18(12(3)6-7-17-13)10-14-4-5-15(16)19-14/h4-5,11-13,17H,6-10H2,1-3H3. The number of rotatable bonds is 4. The van der Waals surface area contributed by atoms with Crippen LogP contribution >= 0.6 is 27.3 Å². The van der Waals surface area contributed by atoms with Crippen molar-refractivity contribution in [3.8, 4) is 0 Å². The molecule has 0 amide bonds. The zero-order valence-electron chi connectivity index (χ0n) is 12.2. The molecule has 19 heavy (non-hydrogen) atoms. The fourth-order valence-corrected chi connectivity index (χ4v) is 4.30. The minimum absolute atomic E-state index is 0.647. The van der Waals surface area contributed by atoms with Crippen molar-refractivity contribution < 1.29 is 0 Å². The number of hydrogen-bond acceptors (Lipinski definition) is 3. The third-order valence-electron chi connectivity index (χ3n) is 3.82. The summed E-state index contributed by atoms with van der Waals surface area (Å²) in [7, 11) is 0. The highest BCUT2D eigenvalue weighted by molar-refractivity contribution is 9.11. The third-order valence-corrected chi connectivity index (χ3v) is 5.43. The summed E-state index contributed by atoms with van der Waals surface area (Å²) in [5.41, 5.74) is 0. The van der Waals surface area contributed by atoms with Gasteiger partial charge >= 0.3 is 0 Å². The topological polar surface area (TPSA) is 15.3 Å². The fourth-order valence-electron chi connectivity index (χ4n) is 2.79. The molecule has 0 radical (unpaired) electrons. The van der Waals surface area contributed by atoms with E-state index in [0.29, 0.717) is 12.1 Å². The lowest BCUT2D eigenvalue weighted by atomic mass is 10.0. The molecular formula is C15H25BrN2S. The second-order valence-electron chi connectivity index (χ2n) is 6.05. The van der Waals surface area contributed by atoms with E-state index in [1.807, 2.05) is 11.3 Å². The van der Waals surface area contributed by atoms with Gasteiger partial charge in [-0.1, -0.05) is 13.8 Å². The minimum atomic E-state index is 0.647. The van der Waals surface area contributed by atoms with Gasteiger partial charge < -0.3 is 5.32 Å². The molecule has 1 saturated heterocycles. The van der Waals surface area contributed by atoms with Crippen molar-refractivity contribution in [2.24, 2.45) is 5.92 Å². The average Bonchev–Trinajstić information content (AvgIpc) is 2.64. The summed E-state index contributed by atoms with van der Waals surface area (Å²) < 4.78 is 1.24. The Morgan fingerprint density at radius 2 is 2.26 bits per heavy atom. The molecule has 2 rings (SSSR count). The molecule has 0 saturated carbocycles. The maximum atomic E-state index is 3.72. The zero-order chi connectivity index (χ0) is 13.8. The molecule has 0 spiro atoms. The second-order valence-corrected chi connectivity index (χ2v) is 8.60. The molecule has 0 bridgehead atoms.